The Labute approximate surface area is 177 Å². The third kappa shape index (κ3) is 4.64. The largest absolute Gasteiger partial charge is 0.494 e. The van der Waals surface area contributed by atoms with Gasteiger partial charge in [0.1, 0.15) is 18.4 Å². The van der Waals surface area contributed by atoms with Gasteiger partial charge in [-0.05, 0) is 30.7 Å². The van der Waals surface area contributed by atoms with Crippen molar-refractivity contribution >= 4 is 5.88 Å². The van der Waals surface area contributed by atoms with Crippen LogP contribution in [0.15, 0.2) is 59.0 Å². The minimum absolute atomic E-state index is 0.350. The number of hydrogen-bond donors (Lipinski definition) is 1. The molecule has 0 saturated carbocycles. The van der Waals surface area contributed by atoms with Crippen molar-refractivity contribution in [2.24, 2.45) is 0 Å². The topological polar surface area (TPSA) is 66.7 Å². The Bertz CT molecular complexity index is 984. The highest BCUT2D eigenvalue weighted by atomic mass is 16.5. The van der Waals surface area contributed by atoms with Crippen molar-refractivity contribution in [1.82, 2.24) is 4.98 Å². The van der Waals surface area contributed by atoms with Gasteiger partial charge in [-0.15, -0.1) is 0 Å². The van der Waals surface area contributed by atoms with E-state index in [4.69, 9.17) is 9.15 Å². The lowest BCUT2D eigenvalue weighted by Crippen LogP contribution is -3.13. The van der Waals surface area contributed by atoms with Crippen LogP contribution in [0.25, 0.3) is 11.5 Å². The van der Waals surface area contributed by atoms with Crippen LogP contribution in [0.1, 0.15) is 24.6 Å². The van der Waals surface area contributed by atoms with Crippen molar-refractivity contribution in [3.05, 3.63) is 65.9 Å². The quantitative estimate of drug-likeness (QED) is 0.657. The number of aromatic nitrogens is 1. The molecule has 1 aliphatic heterocycles. The average Bonchev–Trinajstić information content (AvgIpc) is 3.24. The summed E-state index contributed by atoms with van der Waals surface area (Å²) in [5, 5.41) is 9.57. The molecule has 0 bridgehead atoms. The molecule has 0 spiro atoms. The van der Waals surface area contributed by atoms with E-state index in [-0.39, 0.29) is 0 Å². The van der Waals surface area contributed by atoms with Crippen LogP contribution in [-0.4, -0.2) is 37.8 Å². The summed E-state index contributed by atoms with van der Waals surface area (Å²) in [6.07, 6.45) is 0.969. The van der Waals surface area contributed by atoms with Crippen molar-refractivity contribution in [3.8, 4) is 23.3 Å². The standard InChI is InChI=1S/C24H26N4O2/c1-2-16-29-21-10-8-20(9-11-21)23-26-22(17-25)24(30-23)28-14-12-27(13-15-28)18-19-6-4-3-5-7-19/h3-11H,2,12-16,18H2,1H3/p+1. The molecule has 0 unspecified atom stereocenters. The average molecular weight is 404 g/mol. The second kappa shape index (κ2) is 9.47. The molecular formula is C24H27N4O2+. The number of benzene rings is 2. The van der Waals surface area contributed by atoms with Crippen molar-refractivity contribution in [2.45, 2.75) is 19.9 Å². The van der Waals surface area contributed by atoms with Gasteiger partial charge in [0.15, 0.2) is 0 Å². The third-order valence-electron chi connectivity index (χ3n) is 5.34. The van der Waals surface area contributed by atoms with Crippen LogP contribution in [0.2, 0.25) is 0 Å². The minimum atomic E-state index is 0.350. The first-order valence-electron chi connectivity index (χ1n) is 10.5. The third-order valence-corrected chi connectivity index (χ3v) is 5.34. The summed E-state index contributed by atoms with van der Waals surface area (Å²) in [6, 6.07) is 20.4. The highest BCUT2D eigenvalue weighted by Gasteiger charge is 2.26. The van der Waals surface area contributed by atoms with Gasteiger partial charge >= 0.3 is 0 Å². The van der Waals surface area contributed by atoms with Gasteiger partial charge in [-0.3, -0.25) is 0 Å². The number of nitrogens with one attached hydrogen (secondary N) is 1. The molecule has 0 atom stereocenters. The lowest BCUT2D eigenvalue weighted by Gasteiger charge is -2.31. The van der Waals surface area contributed by atoms with E-state index in [2.05, 4.69) is 47.1 Å². The molecule has 1 saturated heterocycles. The number of oxazole rings is 1. The van der Waals surface area contributed by atoms with Crippen LogP contribution in [0.3, 0.4) is 0 Å². The number of ether oxygens (including phenoxy) is 1. The summed E-state index contributed by atoms with van der Waals surface area (Å²) in [4.78, 5) is 8.12. The summed E-state index contributed by atoms with van der Waals surface area (Å²) in [6.45, 7) is 7.48. The predicted molar refractivity (Wildman–Crippen MR) is 115 cm³/mol. The van der Waals surface area contributed by atoms with Crippen molar-refractivity contribution in [1.29, 1.82) is 5.26 Å². The zero-order chi connectivity index (χ0) is 20.8. The molecule has 3 aromatic rings. The first-order chi connectivity index (χ1) is 14.8. The maximum Gasteiger partial charge on any atom is 0.235 e. The fourth-order valence-electron chi connectivity index (χ4n) is 3.72. The molecule has 2 aromatic carbocycles. The van der Waals surface area contributed by atoms with Crippen LogP contribution in [0, 0.1) is 11.3 Å². The molecule has 0 aliphatic carbocycles. The maximum atomic E-state index is 9.57. The van der Waals surface area contributed by atoms with Crippen molar-refractivity contribution in [3.63, 3.8) is 0 Å². The second-order valence-electron chi connectivity index (χ2n) is 7.56. The molecule has 30 heavy (non-hydrogen) atoms. The first kappa shape index (κ1) is 20.0. The van der Waals surface area contributed by atoms with Gasteiger partial charge in [0.2, 0.25) is 17.5 Å². The first-order valence-corrected chi connectivity index (χ1v) is 10.5. The van der Waals surface area contributed by atoms with Gasteiger partial charge in [0.05, 0.1) is 32.8 Å². The normalized spacial score (nSPS) is 14.5. The number of anilines is 1. The molecule has 1 aromatic heterocycles. The molecule has 154 valence electrons. The lowest BCUT2D eigenvalue weighted by molar-refractivity contribution is -0.914. The zero-order valence-electron chi connectivity index (χ0n) is 17.3. The van der Waals surface area contributed by atoms with Gasteiger partial charge < -0.3 is 19.0 Å². The molecular weight excluding hydrogens is 376 g/mol. The monoisotopic (exact) mass is 403 g/mol. The molecule has 0 amide bonds. The number of nitrogens with zero attached hydrogens (tertiary/aromatic N) is 3. The van der Waals surface area contributed by atoms with E-state index in [0.29, 0.717) is 24.1 Å². The summed E-state index contributed by atoms with van der Waals surface area (Å²) in [7, 11) is 0. The fraction of sp³-hybridized carbons (Fsp3) is 0.333. The Hall–Kier alpha value is -3.30. The number of piperazine rings is 1. The Morgan fingerprint density at radius 1 is 1.10 bits per heavy atom. The predicted octanol–water partition coefficient (Wildman–Crippen LogP) is 2.91. The number of quaternary nitrogens is 1. The van der Waals surface area contributed by atoms with Crippen LogP contribution in [-0.2, 0) is 6.54 Å². The summed E-state index contributed by atoms with van der Waals surface area (Å²) >= 11 is 0. The van der Waals surface area contributed by atoms with Crippen LogP contribution >= 0.6 is 0 Å². The fourth-order valence-corrected chi connectivity index (χ4v) is 3.72. The molecule has 6 nitrogen and oxygen atoms in total. The van der Waals surface area contributed by atoms with E-state index < -0.39 is 0 Å². The smallest absolute Gasteiger partial charge is 0.235 e. The Kier molecular flexibility index (Phi) is 6.31. The molecule has 1 N–H and O–H groups in total. The Morgan fingerprint density at radius 3 is 2.50 bits per heavy atom. The summed E-state index contributed by atoms with van der Waals surface area (Å²) < 4.78 is 11.7. The van der Waals surface area contributed by atoms with Gasteiger partial charge in [0.25, 0.3) is 0 Å². The highest BCUT2D eigenvalue weighted by Crippen LogP contribution is 2.29. The van der Waals surface area contributed by atoms with E-state index in [1.54, 1.807) is 4.90 Å². The highest BCUT2D eigenvalue weighted by molar-refractivity contribution is 5.60. The number of nitriles is 1. The van der Waals surface area contributed by atoms with Crippen LogP contribution < -0.4 is 14.5 Å². The number of rotatable bonds is 7. The van der Waals surface area contributed by atoms with E-state index in [9.17, 15) is 5.26 Å². The summed E-state index contributed by atoms with van der Waals surface area (Å²) in [5.74, 6) is 1.88. The van der Waals surface area contributed by atoms with E-state index in [0.717, 1.165) is 50.5 Å². The molecule has 0 radical (unpaired) electrons. The SMILES string of the molecule is CCCOc1ccc(-c2nc(C#N)c(N3CC[NH+](Cc4ccccc4)CC3)o2)cc1. The van der Waals surface area contributed by atoms with E-state index in [1.807, 2.05) is 30.3 Å². The molecule has 2 heterocycles. The zero-order valence-corrected chi connectivity index (χ0v) is 17.3. The molecule has 1 fully saturated rings. The van der Waals surface area contributed by atoms with Crippen molar-refractivity contribution in [2.75, 3.05) is 37.7 Å². The van der Waals surface area contributed by atoms with Crippen LogP contribution in [0.5, 0.6) is 5.75 Å². The molecule has 4 rings (SSSR count). The Morgan fingerprint density at radius 2 is 1.83 bits per heavy atom. The lowest BCUT2D eigenvalue weighted by atomic mass is 10.2. The van der Waals surface area contributed by atoms with Gasteiger partial charge in [-0.25, -0.2) is 0 Å². The Balaban J connectivity index is 1.43. The van der Waals surface area contributed by atoms with Crippen LogP contribution in [0.4, 0.5) is 5.88 Å². The van der Waals surface area contributed by atoms with E-state index >= 15 is 0 Å². The summed E-state index contributed by atoms with van der Waals surface area (Å²) in [5.41, 5.74) is 2.55. The minimum Gasteiger partial charge on any atom is -0.494 e. The second-order valence-corrected chi connectivity index (χ2v) is 7.56. The van der Waals surface area contributed by atoms with E-state index in [1.165, 1.54) is 5.56 Å². The van der Waals surface area contributed by atoms with Gasteiger partial charge in [-0.2, -0.15) is 10.2 Å². The molecule has 1 aliphatic rings. The maximum absolute atomic E-state index is 9.57. The van der Waals surface area contributed by atoms with Gasteiger partial charge in [0, 0.05) is 11.1 Å². The molecule has 6 heteroatoms. The van der Waals surface area contributed by atoms with Gasteiger partial charge in [-0.1, -0.05) is 37.3 Å². The van der Waals surface area contributed by atoms with Crippen molar-refractivity contribution < 1.29 is 14.1 Å². The number of hydrogen-bond acceptors (Lipinski definition) is 5.